The number of hydrogen-bond acceptors (Lipinski definition) is 5. The van der Waals surface area contributed by atoms with Crippen molar-refractivity contribution in [2.45, 2.75) is 69.4 Å². The van der Waals surface area contributed by atoms with Crippen LogP contribution in [0.25, 0.3) is 0 Å². The fourth-order valence-corrected chi connectivity index (χ4v) is 6.09. The first-order valence-electron chi connectivity index (χ1n) is 9.34. The number of methoxy groups -OCH3 is 1. The molecule has 148 valence electrons. The van der Waals surface area contributed by atoms with E-state index in [0.717, 1.165) is 24.2 Å². The molecule has 0 saturated carbocycles. The van der Waals surface area contributed by atoms with Crippen LogP contribution in [0.2, 0.25) is 0 Å². The monoisotopic (exact) mass is 394 g/mol. The average molecular weight is 394 g/mol. The number of amides is 2. The van der Waals surface area contributed by atoms with Crippen molar-refractivity contribution in [3.63, 3.8) is 0 Å². The highest BCUT2D eigenvalue weighted by Crippen LogP contribution is 2.36. The summed E-state index contributed by atoms with van der Waals surface area (Å²) in [5.74, 6) is -0.403. The number of sulfonamides is 1. The predicted octanol–water partition coefficient (Wildman–Crippen LogP) is 2.69. The van der Waals surface area contributed by atoms with Crippen molar-refractivity contribution in [3.8, 4) is 5.75 Å². The first-order valence-corrected chi connectivity index (χ1v) is 10.8. The molecule has 0 radical (unpaired) electrons. The normalized spacial score (nSPS) is 24.9. The topological polar surface area (TPSA) is 84.0 Å². The lowest BCUT2D eigenvalue weighted by Gasteiger charge is -2.38. The van der Waals surface area contributed by atoms with Crippen LogP contribution in [0.1, 0.15) is 52.4 Å². The number of benzene rings is 1. The molecule has 0 bridgehead atoms. The van der Waals surface area contributed by atoms with Gasteiger partial charge in [0.15, 0.2) is 0 Å². The van der Waals surface area contributed by atoms with E-state index in [2.05, 4.69) is 0 Å². The van der Waals surface area contributed by atoms with Crippen LogP contribution in [0.15, 0.2) is 23.1 Å². The van der Waals surface area contributed by atoms with Gasteiger partial charge in [-0.1, -0.05) is 6.42 Å². The standard InChI is InChI=1S/C19H26N2O5S/c1-13-6-4-7-14(2)21(13)27(24,25)17-12-15(10-11-16(17)26-3)20-18(22)8-5-9-19(20)23/h10-14H,4-9H2,1-3H3/t13-,14+. The number of rotatable bonds is 4. The zero-order valence-corrected chi connectivity index (χ0v) is 16.8. The summed E-state index contributed by atoms with van der Waals surface area (Å²) in [6, 6.07) is 4.22. The van der Waals surface area contributed by atoms with Gasteiger partial charge >= 0.3 is 0 Å². The zero-order valence-electron chi connectivity index (χ0n) is 16.0. The summed E-state index contributed by atoms with van der Waals surface area (Å²) in [4.78, 5) is 25.6. The van der Waals surface area contributed by atoms with Gasteiger partial charge in [0.25, 0.3) is 0 Å². The summed E-state index contributed by atoms with van der Waals surface area (Å²) in [7, 11) is -2.43. The van der Waals surface area contributed by atoms with E-state index in [1.54, 1.807) is 6.07 Å². The summed E-state index contributed by atoms with van der Waals surface area (Å²) in [5, 5.41) is 0. The Balaban J connectivity index is 2.08. The second kappa shape index (κ2) is 7.59. The molecule has 2 aliphatic rings. The molecule has 0 aromatic heterocycles. The van der Waals surface area contributed by atoms with Crippen molar-refractivity contribution >= 4 is 27.5 Å². The van der Waals surface area contributed by atoms with E-state index in [1.165, 1.54) is 23.5 Å². The van der Waals surface area contributed by atoms with Crippen LogP contribution in [0.4, 0.5) is 5.69 Å². The molecule has 2 saturated heterocycles. The molecule has 1 aromatic rings. The van der Waals surface area contributed by atoms with Gasteiger partial charge < -0.3 is 4.74 Å². The fraction of sp³-hybridized carbons (Fsp3) is 0.579. The molecule has 8 heteroatoms. The van der Waals surface area contributed by atoms with E-state index in [1.807, 2.05) is 13.8 Å². The highest BCUT2D eigenvalue weighted by atomic mass is 32.2. The van der Waals surface area contributed by atoms with Gasteiger partial charge in [-0.2, -0.15) is 4.31 Å². The van der Waals surface area contributed by atoms with Crippen LogP contribution in [0.5, 0.6) is 5.75 Å². The van der Waals surface area contributed by atoms with Gasteiger partial charge in [0.2, 0.25) is 21.8 Å². The zero-order chi connectivity index (χ0) is 19.8. The number of carbonyl (C=O) groups is 2. The molecule has 0 N–H and O–H groups in total. The molecular formula is C19H26N2O5S. The third-order valence-electron chi connectivity index (χ3n) is 5.35. The molecule has 7 nitrogen and oxygen atoms in total. The minimum Gasteiger partial charge on any atom is -0.495 e. The Morgan fingerprint density at radius 1 is 1.00 bits per heavy atom. The van der Waals surface area contributed by atoms with Crippen LogP contribution in [-0.4, -0.2) is 43.7 Å². The third kappa shape index (κ3) is 3.60. The van der Waals surface area contributed by atoms with Gasteiger partial charge in [0.05, 0.1) is 12.8 Å². The Labute approximate surface area is 160 Å². The van der Waals surface area contributed by atoms with Gasteiger partial charge in [-0.3, -0.25) is 14.5 Å². The van der Waals surface area contributed by atoms with Gasteiger partial charge in [-0.05, 0) is 51.3 Å². The Hall–Kier alpha value is -1.93. The minimum absolute atomic E-state index is 0.00530. The Morgan fingerprint density at radius 2 is 1.59 bits per heavy atom. The number of anilines is 1. The van der Waals surface area contributed by atoms with E-state index < -0.39 is 10.0 Å². The van der Waals surface area contributed by atoms with Gasteiger partial charge in [-0.15, -0.1) is 0 Å². The number of nitrogens with zero attached hydrogens (tertiary/aromatic N) is 2. The van der Waals surface area contributed by atoms with Gasteiger partial charge in [0, 0.05) is 24.9 Å². The quantitative estimate of drug-likeness (QED) is 0.733. The molecule has 2 aliphatic heterocycles. The number of ether oxygens (including phenoxy) is 1. The van der Waals surface area contributed by atoms with E-state index in [9.17, 15) is 18.0 Å². The van der Waals surface area contributed by atoms with Crippen molar-refractivity contribution in [2.75, 3.05) is 12.0 Å². The maximum absolute atomic E-state index is 13.4. The molecule has 2 amide bonds. The average Bonchev–Trinajstić information content (AvgIpc) is 2.61. The van der Waals surface area contributed by atoms with Crippen molar-refractivity contribution in [1.82, 2.24) is 4.31 Å². The molecule has 2 atom stereocenters. The van der Waals surface area contributed by atoms with E-state index in [0.29, 0.717) is 6.42 Å². The Kier molecular flexibility index (Phi) is 5.58. The smallest absolute Gasteiger partial charge is 0.247 e. The molecule has 0 unspecified atom stereocenters. The van der Waals surface area contributed by atoms with Crippen LogP contribution in [0, 0.1) is 0 Å². The SMILES string of the molecule is COc1ccc(N2C(=O)CCCC2=O)cc1S(=O)(=O)N1[C@H](C)CCC[C@@H]1C. The van der Waals surface area contributed by atoms with E-state index in [4.69, 9.17) is 4.74 Å². The lowest BCUT2D eigenvalue weighted by atomic mass is 10.0. The predicted molar refractivity (Wildman–Crippen MR) is 101 cm³/mol. The second-order valence-corrected chi connectivity index (χ2v) is 9.09. The van der Waals surface area contributed by atoms with Gasteiger partial charge in [-0.25, -0.2) is 8.42 Å². The third-order valence-corrected chi connectivity index (χ3v) is 7.50. The minimum atomic E-state index is -3.84. The maximum Gasteiger partial charge on any atom is 0.247 e. The molecule has 2 fully saturated rings. The highest BCUT2D eigenvalue weighted by molar-refractivity contribution is 7.89. The van der Waals surface area contributed by atoms with Crippen LogP contribution in [-0.2, 0) is 19.6 Å². The molecule has 0 spiro atoms. The van der Waals surface area contributed by atoms with Crippen LogP contribution in [0.3, 0.4) is 0 Å². The molecular weight excluding hydrogens is 368 g/mol. The van der Waals surface area contributed by atoms with Crippen LogP contribution >= 0.6 is 0 Å². The fourth-order valence-electron chi connectivity index (χ4n) is 4.03. The first kappa shape index (κ1) is 19.8. The molecule has 27 heavy (non-hydrogen) atoms. The lowest BCUT2D eigenvalue weighted by Crippen LogP contribution is -2.47. The highest BCUT2D eigenvalue weighted by Gasteiger charge is 2.38. The summed E-state index contributed by atoms with van der Waals surface area (Å²) < 4.78 is 33.7. The number of imide groups is 1. The molecule has 0 aliphatic carbocycles. The number of hydrogen-bond donors (Lipinski definition) is 0. The van der Waals surface area contributed by atoms with Crippen molar-refractivity contribution in [3.05, 3.63) is 18.2 Å². The van der Waals surface area contributed by atoms with Gasteiger partial charge in [0.1, 0.15) is 10.6 Å². The first-order chi connectivity index (χ1) is 12.8. The van der Waals surface area contributed by atoms with Crippen LogP contribution < -0.4 is 9.64 Å². The van der Waals surface area contributed by atoms with Crippen molar-refractivity contribution < 1.29 is 22.7 Å². The number of piperidine rings is 2. The van der Waals surface area contributed by atoms with Crippen molar-refractivity contribution in [2.24, 2.45) is 0 Å². The van der Waals surface area contributed by atoms with E-state index >= 15 is 0 Å². The van der Waals surface area contributed by atoms with Crippen molar-refractivity contribution in [1.29, 1.82) is 0 Å². The lowest BCUT2D eigenvalue weighted by molar-refractivity contribution is -0.129. The Bertz CT molecular complexity index is 826. The second-order valence-electron chi connectivity index (χ2n) is 7.28. The summed E-state index contributed by atoms with van der Waals surface area (Å²) >= 11 is 0. The summed E-state index contributed by atoms with van der Waals surface area (Å²) in [6.45, 7) is 3.81. The largest absolute Gasteiger partial charge is 0.495 e. The Morgan fingerprint density at radius 3 is 2.15 bits per heavy atom. The molecule has 3 rings (SSSR count). The van der Waals surface area contributed by atoms with E-state index in [-0.39, 0.29) is 53.1 Å². The molecule has 2 heterocycles. The maximum atomic E-state index is 13.4. The summed E-state index contributed by atoms with van der Waals surface area (Å²) in [6.07, 6.45) is 3.67. The number of carbonyl (C=O) groups excluding carboxylic acids is 2. The molecule has 1 aromatic carbocycles. The summed E-state index contributed by atoms with van der Waals surface area (Å²) in [5.41, 5.74) is 0.279.